The van der Waals surface area contributed by atoms with Crippen LogP contribution in [0.2, 0.25) is 5.02 Å². The Morgan fingerprint density at radius 1 is 1.07 bits per heavy atom. The highest BCUT2D eigenvalue weighted by molar-refractivity contribution is 6.30. The number of aryl methyl sites for hydroxylation is 1. The predicted octanol–water partition coefficient (Wildman–Crippen LogP) is 5.62. The Morgan fingerprint density at radius 2 is 1.86 bits per heavy atom. The molecule has 2 heterocycles. The summed E-state index contributed by atoms with van der Waals surface area (Å²) in [6.07, 6.45) is 7.20. The van der Waals surface area contributed by atoms with E-state index in [1.54, 1.807) is 18.2 Å². The lowest BCUT2D eigenvalue weighted by atomic mass is 10.1. The molecule has 138 valence electrons. The van der Waals surface area contributed by atoms with Crippen LogP contribution in [0.5, 0.6) is 0 Å². The highest BCUT2D eigenvalue weighted by atomic mass is 35.5. The molecule has 0 saturated carbocycles. The molecule has 0 aliphatic rings. The Labute approximate surface area is 168 Å². The minimum absolute atomic E-state index is 0.206. The number of hydrogen-bond donors (Lipinski definition) is 1. The maximum absolute atomic E-state index is 12.4. The van der Waals surface area contributed by atoms with Gasteiger partial charge in [0.05, 0.1) is 11.4 Å². The van der Waals surface area contributed by atoms with Crippen molar-refractivity contribution in [2.45, 2.75) is 6.92 Å². The molecule has 0 aliphatic heterocycles. The van der Waals surface area contributed by atoms with Gasteiger partial charge in [-0.1, -0.05) is 48.0 Å². The molecule has 0 bridgehead atoms. The zero-order valence-electron chi connectivity index (χ0n) is 15.3. The summed E-state index contributed by atoms with van der Waals surface area (Å²) in [7, 11) is 0. The number of fused-ring (bicyclic) bond motifs is 1. The first-order chi connectivity index (χ1) is 13.6. The number of nitrogens with one attached hydrogen (secondary N) is 1. The summed E-state index contributed by atoms with van der Waals surface area (Å²) < 4.78 is 1.99. The van der Waals surface area contributed by atoms with Crippen molar-refractivity contribution >= 4 is 34.9 Å². The van der Waals surface area contributed by atoms with Crippen LogP contribution >= 0.6 is 11.6 Å². The van der Waals surface area contributed by atoms with Gasteiger partial charge >= 0.3 is 0 Å². The van der Waals surface area contributed by atoms with Gasteiger partial charge in [0.2, 0.25) is 5.91 Å². The molecular weight excluding hydrogens is 370 g/mol. The first-order valence-corrected chi connectivity index (χ1v) is 9.26. The second-order valence-electron chi connectivity index (χ2n) is 6.47. The van der Waals surface area contributed by atoms with E-state index in [-0.39, 0.29) is 5.91 Å². The molecule has 0 atom stereocenters. The maximum atomic E-state index is 12.4. The minimum Gasteiger partial charge on any atom is -0.322 e. The Kier molecular flexibility index (Phi) is 4.96. The smallest absolute Gasteiger partial charge is 0.248 e. The molecule has 4 aromatic rings. The van der Waals surface area contributed by atoms with Crippen LogP contribution in [0.3, 0.4) is 0 Å². The fourth-order valence-corrected chi connectivity index (χ4v) is 3.15. The Bertz CT molecular complexity index is 1180. The van der Waals surface area contributed by atoms with Gasteiger partial charge in [-0.25, -0.2) is 4.98 Å². The van der Waals surface area contributed by atoms with Gasteiger partial charge in [-0.2, -0.15) is 0 Å². The number of hydrogen-bond acceptors (Lipinski definition) is 2. The van der Waals surface area contributed by atoms with E-state index in [4.69, 9.17) is 16.6 Å². The molecule has 0 aliphatic carbocycles. The fraction of sp³-hybridized carbons (Fsp3) is 0.0435. The van der Waals surface area contributed by atoms with Crippen LogP contribution < -0.4 is 5.32 Å². The fourth-order valence-electron chi connectivity index (χ4n) is 3.02. The highest BCUT2D eigenvalue weighted by Crippen LogP contribution is 2.28. The molecule has 2 aromatic heterocycles. The third-order valence-electron chi connectivity index (χ3n) is 4.44. The van der Waals surface area contributed by atoms with Gasteiger partial charge in [0, 0.05) is 29.1 Å². The number of carbonyl (C=O) groups excluding carboxylic acids is 1. The summed E-state index contributed by atoms with van der Waals surface area (Å²) in [5, 5.41) is 3.61. The number of anilines is 1. The molecule has 0 radical (unpaired) electrons. The Balaban J connectivity index is 1.59. The summed E-state index contributed by atoms with van der Waals surface area (Å²) >= 11 is 5.89. The van der Waals surface area contributed by atoms with Crippen molar-refractivity contribution in [3.8, 4) is 11.3 Å². The van der Waals surface area contributed by atoms with Crippen LogP contribution in [-0.2, 0) is 4.79 Å². The lowest BCUT2D eigenvalue weighted by Gasteiger charge is -2.07. The number of imidazole rings is 1. The van der Waals surface area contributed by atoms with Gasteiger partial charge in [0.15, 0.2) is 0 Å². The lowest BCUT2D eigenvalue weighted by molar-refractivity contribution is -0.111. The molecule has 0 unspecified atom stereocenters. The normalized spacial score (nSPS) is 11.2. The van der Waals surface area contributed by atoms with Crippen molar-refractivity contribution in [3.05, 3.63) is 95.3 Å². The summed E-state index contributed by atoms with van der Waals surface area (Å²) in [6, 6.07) is 19.0. The molecule has 0 spiro atoms. The average molecular weight is 388 g/mol. The van der Waals surface area contributed by atoms with Crippen LogP contribution in [0.25, 0.3) is 23.0 Å². The molecule has 0 fully saturated rings. The number of benzene rings is 2. The second kappa shape index (κ2) is 7.71. The predicted molar refractivity (Wildman–Crippen MR) is 114 cm³/mol. The van der Waals surface area contributed by atoms with Crippen molar-refractivity contribution in [1.82, 2.24) is 9.38 Å². The van der Waals surface area contributed by atoms with Gasteiger partial charge in [-0.05, 0) is 48.4 Å². The number of amides is 1. The van der Waals surface area contributed by atoms with E-state index < -0.39 is 0 Å². The summed E-state index contributed by atoms with van der Waals surface area (Å²) in [4.78, 5) is 17.1. The molecule has 4 nitrogen and oxygen atoms in total. The first kappa shape index (κ1) is 18.0. The van der Waals surface area contributed by atoms with Crippen LogP contribution in [0.4, 0.5) is 5.69 Å². The molecular formula is C23H18ClN3O. The largest absolute Gasteiger partial charge is 0.322 e. The van der Waals surface area contributed by atoms with Crippen molar-refractivity contribution in [2.24, 2.45) is 0 Å². The zero-order valence-corrected chi connectivity index (χ0v) is 16.0. The SMILES string of the molecule is Cc1cccn2cc(-c3ccccc3NC(=O)/C=C/c3ccc(Cl)cc3)nc12. The van der Waals surface area contributed by atoms with Crippen LogP contribution in [0, 0.1) is 6.92 Å². The standard InChI is InChI=1S/C23H18ClN3O/c1-16-5-4-14-27-15-21(26-23(16)27)19-6-2-3-7-20(19)25-22(28)13-10-17-8-11-18(24)12-9-17/h2-15H,1H3,(H,25,28)/b13-10+. The van der Waals surface area contributed by atoms with Crippen LogP contribution in [-0.4, -0.2) is 15.3 Å². The van der Waals surface area contributed by atoms with E-state index in [9.17, 15) is 4.79 Å². The first-order valence-electron chi connectivity index (χ1n) is 8.88. The van der Waals surface area contributed by atoms with Gasteiger partial charge in [-0.3, -0.25) is 4.79 Å². The number of aromatic nitrogens is 2. The van der Waals surface area contributed by atoms with Crippen molar-refractivity contribution in [3.63, 3.8) is 0 Å². The third-order valence-corrected chi connectivity index (χ3v) is 4.69. The number of para-hydroxylation sites is 1. The molecule has 0 saturated heterocycles. The molecule has 5 heteroatoms. The monoisotopic (exact) mass is 387 g/mol. The molecule has 4 rings (SSSR count). The Hall–Kier alpha value is -3.37. The quantitative estimate of drug-likeness (QED) is 0.462. The van der Waals surface area contributed by atoms with Crippen LogP contribution in [0.1, 0.15) is 11.1 Å². The maximum Gasteiger partial charge on any atom is 0.248 e. The summed E-state index contributed by atoms with van der Waals surface area (Å²) in [5.41, 5.74) is 5.31. The zero-order chi connectivity index (χ0) is 19.5. The van der Waals surface area contributed by atoms with Gasteiger partial charge in [0.25, 0.3) is 0 Å². The molecule has 28 heavy (non-hydrogen) atoms. The van der Waals surface area contributed by atoms with E-state index in [1.165, 1.54) is 6.08 Å². The van der Waals surface area contributed by atoms with Gasteiger partial charge in [-0.15, -0.1) is 0 Å². The van der Waals surface area contributed by atoms with E-state index >= 15 is 0 Å². The second-order valence-corrected chi connectivity index (χ2v) is 6.90. The summed E-state index contributed by atoms with van der Waals surface area (Å²) in [5.74, 6) is -0.206. The van der Waals surface area contributed by atoms with Gasteiger partial charge in [0.1, 0.15) is 5.65 Å². The van der Waals surface area contributed by atoms with Gasteiger partial charge < -0.3 is 9.72 Å². The topological polar surface area (TPSA) is 46.4 Å². The number of carbonyl (C=O) groups is 1. The van der Waals surface area contributed by atoms with Crippen molar-refractivity contribution in [1.29, 1.82) is 0 Å². The average Bonchev–Trinajstić information content (AvgIpc) is 3.13. The van der Waals surface area contributed by atoms with Crippen molar-refractivity contribution in [2.75, 3.05) is 5.32 Å². The summed E-state index contributed by atoms with van der Waals surface area (Å²) in [6.45, 7) is 2.03. The molecule has 1 amide bonds. The highest BCUT2D eigenvalue weighted by Gasteiger charge is 2.11. The molecule has 1 N–H and O–H groups in total. The number of nitrogens with zero attached hydrogens (tertiary/aromatic N) is 2. The number of halogens is 1. The third kappa shape index (κ3) is 3.82. The number of rotatable bonds is 4. The van der Waals surface area contributed by atoms with E-state index in [1.807, 2.05) is 72.2 Å². The van der Waals surface area contributed by atoms with Crippen LogP contribution in [0.15, 0.2) is 79.1 Å². The van der Waals surface area contributed by atoms with E-state index in [0.717, 1.165) is 28.0 Å². The van der Waals surface area contributed by atoms with E-state index in [0.29, 0.717) is 10.7 Å². The Morgan fingerprint density at radius 3 is 2.64 bits per heavy atom. The minimum atomic E-state index is -0.206. The van der Waals surface area contributed by atoms with E-state index in [2.05, 4.69) is 5.32 Å². The molecule has 2 aromatic carbocycles. The van der Waals surface area contributed by atoms with Crippen molar-refractivity contribution < 1.29 is 4.79 Å². The number of pyridine rings is 1. The lowest BCUT2D eigenvalue weighted by Crippen LogP contribution is -2.08.